The number of nitrogens with one attached hydrogen (secondary N) is 1. The van der Waals surface area contributed by atoms with Gasteiger partial charge in [0.15, 0.2) is 0 Å². The van der Waals surface area contributed by atoms with E-state index in [1.807, 2.05) is 13.2 Å². The Morgan fingerprint density at radius 3 is 2.69 bits per heavy atom. The normalized spacial score (nSPS) is 13.2. The zero-order valence-electron chi connectivity index (χ0n) is 8.76. The van der Waals surface area contributed by atoms with Crippen LogP contribution in [0.15, 0.2) is 16.7 Å². The van der Waals surface area contributed by atoms with E-state index in [4.69, 9.17) is 4.42 Å². The van der Waals surface area contributed by atoms with E-state index in [1.165, 1.54) is 18.4 Å². The van der Waals surface area contributed by atoms with Crippen LogP contribution < -0.4 is 5.32 Å². The van der Waals surface area contributed by atoms with E-state index >= 15 is 0 Å². The fraction of sp³-hybridized carbons (Fsp3) is 0.636. The van der Waals surface area contributed by atoms with Gasteiger partial charge in [0.2, 0.25) is 0 Å². The largest absolute Gasteiger partial charge is 0.469 e. The van der Waals surface area contributed by atoms with Crippen LogP contribution in [0, 0.1) is 6.92 Å². The lowest BCUT2D eigenvalue weighted by molar-refractivity contribution is 0.491. The van der Waals surface area contributed by atoms with Crippen LogP contribution in [0.25, 0.3) is 0 Å². The Bertz CT molecular complexity index is 236. The van der Waals surface area contributed by atoms with E-state index in [1.54, 1.807) is 0 Å². The summed E-state index contributed by atoms with van der Waals surface area (Å²) < 4.78 is 5.30. The first-order valence-corrected chi connectivity index (χ1v) is 5.06. The fourth-order valence-electron chi connectivity index (χ4n) is 1.57. The van der Waals surface area contributed by atoms with Crippen molar-refractivity contribution < 1.29 is 4.42 Å². The smallest absolute Gasteiger partial charge is 0.101 e. The molecule has 1 heterocycles. The second-order valence-corrected chi connectivity index (χ2v) is 3.39. The van der Waals surface area contributed by atoms with Gasteiger partial charge in [-0.2, -0.15) is 0 Å². The summed E-state index contributed by atoms with van der Waals surface area (Å²) in [6.45, 7) is 7.33. The molecule has 0 spiro atoms. The maximum atomic E-state index is 5.30. The van der Waals surface area contributed by atoms with Gasteiger partial charge in [-0.25, -0.2) is 0 Å². The molecule has 74 valence electrons. The number of furan rings is 1. The van der Waals surface area contributed by atoms with Gasteiger partial charge < -0.3 is 9.73 Å². The van der Waals surface area contributed by atoms with Crippen molar-refractivity contribution in [3.8, 4) is 0 Å². The van der Waals surface area contributed by atoms with E-state index in [0.717, 1.165) is 12.3 Å². The second-order valence-electron chi connectivity index (χ2n) is 3.39. The van der Waals surface area contributed by atoms with Gasteiger partial charge in [0.25, 0.3) is 0 Å². The summed E-state index contributed by atoms with van der Waals surface area (Å²) in [6.07, 6.45) is 4.23. The van der Waals surface area contributed by atoms with Gasteiger partial charge in [-0.05, 0) is 26.0 Å². The van der Waals surface area contributed by atoms with Gasteiger partial charge in [0.1, 0.15) is 5.76 Å². The lowest BCUT2D eigenvalue weighted by atomic mass is 10.1. The van der Waals surface area contributed by atoms with Gasteiger partial charge in [-0.3, -0.25) is 0 Å². The summed E-state index contributed by atoms with van der Waals surface area (Å²) in [5.74, 6) is 0.994. The fourth-order valence-corrected chi connectivity index (χ4v) is 1.57. The summed E-state index contributed by atoms with van der Waals surface area (Å²) in [5.41, 5.74) is 1.28. The molecule has 13 heavy (non-hydrogen) atoms. The Morgan fingerprint density at radius 2 is 2.23 bits per heavy atom. The van der Waals surface area contributed by atoms with Crippen LogP contribution >= 0.6 is 0 Å². The van der Waals surface area contributed by atoms with Gasteiger partial charge in [-0.15, -0.1) is 0 Å². The lowest BCUT2D eigenvalue weighted by Gasteiger charge is -2.14. The van der Waals surface area contributed by atoms with Crippen molar-refractivity contribution in [1.82, 2.24) is 5.32 Å². The molecule has 0 aliphatic carbocycles. The zero-order valence-corrected chi connectivity index (χ0v) is 8.76. The van der Waals surface area contributed by atoms with Crippen LogP contribution in [-0.4, -0.2) is 6.54 Å². The quantitative estimate of drug-likeness (QED) is 0.755. The van der Waals surface area contributed by atoms with Gasteiger partial charge in [0, 0.05) is 11.6 Å². The molecule has 1 atom stereocenters. The molecular weight excluding hydrogens is 162 g/mol. The third kappa shape index (κ3) is 2.88. The van der Waals surface area contributed by atoms with Crippen LogP contribution in [0.5, 0.6) is 0 Å². The summed E-state index contributed by atoms with van der Waals surface area (Å²) in [7, 11) is 0. The van der Waals surface area contributed by atoms with E-state index in [-0.39, 0.29) is 0 Å². The van der Waals surface area contributed by atoms with E-state index in [9.17, 15) is 0 Å². The number of hydrogen-bond donors (Lipinski definition) is 1. The summed E-state index contributed by atoms with van der Waals surface area (Å²) in [4.78, 5) is 0. The number of aryl methyl sites for hydroxylation is 1. The molecule has 1 aromatic heterocycles. The summed E-state index contributed by atoms with van der Waals surface area (Å²) >= 11 is 0. The molecule has 0 fully saturated rings. The molecule has 0 saturated carbocycles. The standard InChI is InChI=1S/C11H19NO/c1-4-6-11(12-5-2)10-7-9(3)13-8-10/h7-8,11-12H,4-6H2,1-3H3. The Labute approximate surface area is 80.3 Å². The van der Waals surface area contributed by atoms with Crippen molar-refractivity contribution in [3.63, 3.8) is 0 Å². The van der Waals surface area contributed by atoms with E-state index in [2.05, 4.69) is 25.2 Å². The minimum atomic E-state index is 0.465. The van der Waals surface area contributed by atoms with Crippen LogP contribution in [0.3, 0.4) is 0 Å². The van der Waals surface area contributed by atoms with Gasteiger partial charge in [-0.1, -0.05) is 20.3 Å². The molecule has 0 bridgehead atoms. The van der Waals surface area contributed by atoms with Crippen molar-refractivity contribution in [2.24, 2.45) is 0 Å². The summed E-state index contributed by atoms with van der Waals surface area (Å²) in [6, 6.07) is 2.58. The minimum absolute atomic E-state index is 0.465. The molecule has 2 heteroatoms. The van der Waals surface area contributed by atoms with Crippen LogP contribution in [0.1, 0.15) is 44.1 Å². The maximum absolute atomic E-state index is 5.30. The zero-order chi connectivity index (χ0) is 9.68. The van der Waals surface area contributed by atoms with Crippen molar-refractivity contribution in [2.45, 2.75) is 39.7 Å². The Balaban J connectivity index is 2.63. The second kappa shape index (κ2) is 5.07. The number of hydrogen-bond acceptors (Lipinski definition) is 2. The van der Waals surface area contributed by atoms with Crippen molar-refractivity contribution in [3.05, 3.63) is 23.7 Å². The predicted octanol–water partition coefficient (Wildman–Crippen LogP) is 3.04. The van der Waals surface area contributed by atoms with Crippen molar-refractivity contribution in [1.29, 1.82) is 0 Å². The Kier molecular flexibility index (Phi) is 4.03. The third-order valence-corrected chi connectivity index (χ3v) is 2.18. The predicted molar refractivity (Wildman–Crippen MR) is 54.8 cm³/mol. The molecule has 0 amide bonds. The molecule has 1 N–H and O–H groups in total. The van der Waals surface area contributed by atoms with Crippen molar-refractivity contribution in [2.75, 3.05) is 6.54 Å². The molecule has 0 aromatic carbocycles. The van der Waals surface area contributed by atoms with Gasteiger partial charge in [0.05, 0.1) is 6.26 Å². The lowest BCUT2D eigenvalue weighted by Crippen LogP contribution is -2.20. The number of rotatable bonds is 5. The third-order valence-electron chi connectivity index (χ3n) is 2.18. The van der Waals surface area contributed by atoms with Crippen molar-refractivity contribution >= 4 is 0 Å². The first-order valence-electron chi connectivity index (χ1n) is 5.06. The first-order chi connectivity index (χ1) is 6.27. The van der Waals surface area contributed by atoms with E-state index in [0.29, 0.717) is 6.04 Å². The highest BCUT2D eigenvalue weighted by molar-refractivity contribution is 5.16. The molecule has 0 aliphatic heterocycles. The van der Waals surface area contributed by atoms with Crippen LogP contribution in [0.4, 0.5) is 0 Å². The Hall–Kier alpha value is -0.760. The average molecular weight is 181 g/mol. The highest BCUT2D eigenvalue weighted by Crippen LogP contribution is 2.20. The highest BCUT2D eigenvalue weighted by atomic mass is 16.3. The minimum Gasteiger partial charge on any atom is -0.469 e. The molecule has 0 radical (unpaired) electrons. The monoisotopic (exact) mass is 181 g/mol. The SMILES string of the molecule is CCCC(NCC)c1coc(C)c1. The Morgan fingerprint density at radius 1 is 1.46 bits per heavy atom. The topological polar surface area (TPSA) is 25.2 Å². The molecule has 1 unspecified atom stereocenters. The van der Waals surface area contributed by atoms with Gasteiger partial charge >= 0.3 is 0 Å². The first kappa shape index (κ1) is 10.3. The molecule has 0 aliphatic rings. The molecular formula is C11H19NO. The molecule has 0 saturated heterocycles. The maximum Gasteiger partial charge on any atom is 0.101 e. The summed E-state index contributed by atoms with van der Waals surface area (Å²) in [5, 5.41) is 3.45. The molecule has 1 rings (SSSR count). The average Bonchev–Trinajstić information content (AvgIpc) is 2.51. The van der Waals surface area contributed by atoms with E-state index < -0.39 is 0 Å². The highest BCUT2D eigenvalue weighted by Gasteiger charge is 2.10. The molecule has 2 nitrogen and oxygen atoms in total. The molecule has 1 aromatic rings. The van der Waals surface area contributed by atoms with Crippen LogP contribution in [-0.2, 0) is 0 Å². The van der Waals surface area contributed by atoms with Crippen LogP contribution in [0.2, 0.25) is 0 Å².